The molecular weight excluding hydrogens is 212 g/mol. The molecule has 17 heavy (non-hydrogen) atoms. The van der Waals surface area contributed by atoms with Crippen molar-refractivity contribution >= 4 is 5.69 Å². The fraction of sp³-hybridized carbons (Fsp3) is 0.571. The Labute approximate surface area is 104 Å². The first-order valence-electron chi connectivity index (χ1n) is 6.18. The zero-order chi connectivity index (χ0) is 12.5. The molecule has 0 aromatic heterocycles. The molecule has 0 aliphatic carbocycles. The number of nitrogens with zero attached hydrogens (tertiary/aromatic N) is 1. The number of methoxy groups -OCH3 is 1. The van der Waals surface area contributed by atoms with Crippen molar-refractivity contribution < 1.29 is 4.74 Å². The lowest BCUT2D eigenvalue weighted by molar-refractivity contribution is 0.244. The molecule has 1 aromatic rings. The molecule has 1 fully saturated rings. The highest BCUT2D eigenvalue weighted by Crippen LogP contribution is 2.35. The molecular formula is C14H22N2O. The largest absolute Gasteiger partial charge is 0.495 e. The number of benzene rings is 1. The Bertz CT molecular complexity index is 390. The second-order valence-corrected chi connectivity index (χ2v) is 5.48. The normalized spacial score (nSPS) is 23.5. The van der Waals surface area contributed by atoms with Gasteiger partial charge in [0.05, 0.1) is 12.8 Å². The SMILES string of the molecule is COc1ccccc1N1CCC(N)C(C)(C)C1. The van der Waals surface area contributed by atoms with Crippen molar-refractivity contribution in [3.63, 3.8) is 0 Å². The van der Waals surface area contributed by atoms with E-state index in [4.69, 9.17) is 10.5 Å². The van der Waals surface area contributed by atoms with Gasteiger partial charge in [0, 0.05) is 19.1 Å². The molecule has 2 N–H and O–H groups in total. The average Bonchev–Trinajstić information content (AvgIpc) is 2.32. The van der Waals surface area contributed by atoms with Crippen LogP contribution in [-0.2, 0) is 0 Å². The minimum atomic E-state index is 0.152. The number of ether oxygens (including phenoxy) is 1. The number of hydrogen-bond acceptors (Lipinski definition) is 3. The smallest absolute Gasteiger partial charge is 0.142 e. The molecule has 2 rings (SSSR count). The molecule has 1 aliphatic heterocycles. The van der Waals surface area contributed by atoms with Gasteiger partial charge in [-0.2, -0.15) is 0 Å². The van der Waals surface area contributed by atoms with Crippen LogP contribution in [0.15, 0.2) is 24.3 Å². The summed E-state index contributed by atoms with van der Waals surface area (Å²) in [5, 5.41) is 0. The first kappa shape index (κ1) is 12.2. The second-order valence-electron chi connectivity index (χ2n) is 5.48. The van der Waals surface area contributed by atoms with Crippen LogP contribution in [0.1, 0.15) is 20.3 Å². The molecule has 1 heterocycles. The number of hydrogen-bond donors (Lipinski definition) is 1. The minimum absolute atomic E-state index is 0.152. The van der Waals surface area contributed by atoms with E-state index in [1.54, 1.807) is 7.11 Å². The third-order valence-electron chi connectivity index (χ3n) is 3.74. The summed E-state index contributed by atoms with van der Waals surface area (Å²) >= 11 is 0. The summed E-state index contributed by atoms with van der Waals surface area (Å²) in [6.07, 6.45) is 1.03. The van der Waals surface area contributed by atoms with Gasteiger partial charge in [-0.1, -0.05) is 26.0 Å². The van der Waals surface area contributed by atoms with Crippen molar-refractivity contribution in [2.45, 2.75) is 26.3 Å². The van der Waals surface area contributed by atoms with Crippen molar-refractivity contribution in [3.05, 3.63) is 24.3 Å². The van der Waals surface area contributed by atoms with Gasteiger partial charge in [-0.05, 0) is 24.0 Å². The number of para-hydroxylation sites is 2. The van der Waals surface area contributed by atoms with Crippen LogP contribution in [0.2, 0.25) is 0 Å². The van der Waals surface area contributed by atoms with Crippen molar-refractivity contribution in [3.8, 4) is 5.75 Å². The molecule has 3 nitrogen and oxygen atoms in total. The van der Waals surface area contributed by atoms with Gasteiger partial charge in [-0.3, -0.25) is 0 Å². The van der Waals surface area contributed by atoms with E-state index in [1.165, 1.54) is 5.69 Å². The summed E-state index contributed by atoms with van der Waals surface area (Å²) in [4.78, 5) is 2.38. The van der Waals surface area contributed by atoms with Crippen LogP contribution < -0.4 is 15.4 Å². The van der Waals surface area contributed by atoms with Crippen LogP contribution in [0.25, 0.3) is 0 Å². The highest BCUT2D eigenvalue weighted by Gasteiger charge is 2.34. The van der Waals surface area contributed by atoms with E-state index in [-0.39, 0.29) is 11.5 Å². The monoisotopic (exact) mass is 234 g/mol. The predicted molar refractivity (Wildman–Crippen MR) is 71.6 cm³/mol. The number of nitrogens with two attached hydrogens (primary N) is 1. The summed E-state index contributed by atoms with van der Waals surface area (Å²) in [6.45, 7) is 6.46. The summed E-state index contributed by atoms with van der Waals surface area (Å²) in [5.41, 5.74) is 7.49. The molecule has 0 amide bonds. The number of rotatable bonds is 2. The maximum atomic E-state index is 6.17. The topological polar surface area (TPSA) is 38.5 Å². The van der Waals surface area contributed by atoms with Crippen molar-refractivity contribution in [2.75, 3.05) is 25.1 Å². The van der Waals surface area contributed by atoms with Crippen molar-refractivity contribution in [1.29, 1.82) is 0 Å². The highest BCUT2D eigenvalue weighted by atomic mass is 16.5. The maximum Gasteiger partial charge on any atom is 0.142 e. The molecule has 94 valence electrons. The number of anilines is 1. The zero-order valence-electron chi connectivity index (χ0n) is 10.9. The highest BCUT2D eigenvalue weighted by molar-refractivity contribution is 5.58. The summed E-state index contributed by atoms with van der Waals surface area (Å²) in [6, 6.07) is 8.47. The van der Waals surface area contributed by atoms with Crippen LogP contribution in [0.3, 0.4) is 0 Å². The number of piperidine rings is 1. The summed E-state index contributed by atoms with van der Waals surface area (Å²) in [5.74, 6) is 0.943. The Balaban J connectivity index is 2.23. The van der Waals surface area contributed by atoms with E-state index in [0.717, 1.165) is 25.3 Å². The van der Waals surface area contributed by atoms with Crippen molar-refractivity contribution in [1.82, 2.24) is 0 Å². The second kappa shape index (κ2) is 4.57. The molecule has 1 unspecified atom stereocenters. The molecule has 0 bridgehead atoms. The first-order chi connectivity index (χ1) is 8.04. The molecule has 1 saturated heterocycles. The maximum absolute atomic E-state index is 6.17. The van der Waals surface area contributed by atoms with Gasteiger partial charge in [-0.15, -0.1) is 0 Å². The van der Waals surface area contributed by atoms with Gasteiger partial charge in [0.25, 0.3) is 0 Å². The lowest BCUT2D eigenvalue weighted by Gasteiger charge is -2.44. The third kappa shape index (κ3) is 2.39. The Kier molecular flexibility index (Phi) is 3.29. The van der Waals surface area contributed by atoms with E-state index >= 15 is 0 Å². The van der Waals surface area contributed by atoms with Crippen molar-refractivity contribution in [2.24, 2.45) is 11.1 Å². The van der Waals surface area contributed by atoms with E-state index in [9.17, 15) is 0 Å². The third-order valence-corrected chi connectivity index (χ3v) is 3.74. The van der Waals surface area contributed by atoms with E-state index in [0.29, 0.717) is 0 Å². The fourth-order valence-electron chi connectivity index (χ4n) is 2.47. The Morgan fingerprint density at radius 3 is 2.71 bits per heavy atom. The van der Waals surface area contributed by atoms with Gasteiger partial charge >= 0.3 is 0 Å². The standard InChI is InChI=1S/C14H22N2O/c1-14(2)10-16(9-8-13(14)15)11-6-4-5-7-12(11)17-3/h4-7,13H,8-10,15H2,1-3H3. The molecule has 1 aliphatic rings. The predicted octanol–water partition coefficient (Wildman–Crippen LogP) is 2.26. The lowest BCUT2D eigenvalue weighted by Crippen LogP contribution is -2.52. The van der Waals surface area contributed by atoms with E-state index in [1.807, 2.05) is 12.1 Å². The summed E-state index contributed by atoms with van der Waals surface area (Å²) < 4.78 is 5.42. The summed E-state index contributed by atoms with van der Waals surface area (Å²) in [7, 11) is 1.72. The molecule has 3 heteroatoms. The van der Waals surface area contributed by atoms with Crippen LogP contribution >= 0.6 is 0 Å². The fourth-order valence-corrected chi connectivity index (χ4v) is 2.47. The van der Waals surface area contributed by atoms with Crippen LogP contribution in [-0.4, -0.2) is 26.2 Å². The molecule has 0 radical (unpaired) electrons. The van der Waals surface area contributed by atoms with E-state index in [2.05, 4.69) is 30.9 Å². The van der Waals surface area contributed by atoms with Crippen LogP contribution in [0.4, 0.5) is 5.69 Å². The first-order valence-corrected chi connectivity index (χ1v) is 6.18. The van der Waals surface area contributed by atoms with Gasteiger partial charge < -0.3 is 15.4 Å². The van der Waals surface area contributed by atoms with Gasteiger partial charge in [0.2, 0.25) is 0 Å². The van der Waals surface area contributed by atoms with E-state index < -0.39 is 0 Å². The minimum Gasteiger partial charge on any atom is -0.495 e. The molecule has 0 saturated carbocycles. The zero-order valence-corrected chi connectivity index (χ0v) is 10.9. The Hall–Kier alpha value is -1.22. The van der Waals surface area contributed by atoms with Gasteiger partial charge in [0.1, 0.15) is 5.75 Å². The van der Waals surface area contributed by atoms with Gasteiger partial charge in [0.15, 0.2) is 0 Å². The average molecular weight is 234 g/mol. The van der Waals surface area contributed by atoms with Gasteiger partial charge in [-0.25, -0.2) is 0 Å². The molecule has 1 aromatic carbocycles. The lowest BCUT2D eigenvalue weighted by atomic mass is 9.79. The van der Waals surface area contributed by atoms with Crippen LogP contribution in [0, 0.1) is 5.41 Å². The molecule has 0 spiro atoms. The quantitative estimate of drug-likeness (QED) is 0.853. The van der Waals surface area contributed by atoms with Crippen LogP contribution in [0.5, 0.6) is 5.75 Å². The Morgan fingerprint density at radius 2 is 2.06 bits per heavy atom. The molecule has 1 atom stereocenters. The Morgan fingerprint density at radius 1 is 1.35 bits per heavy atom.